The fraction of sp³-hybridized carbons (Fsp3) is 0.786. The summed E-state index contributed by atoms with van der Waals surface area (Å²) in [6.07, 6.45) is 1.66. The number of ether oxygens (including phenoxy) is 2. The number of hydrogen-bond acceptors (Lipinski definition) is 3. The lowest BCUT2D eigenvalue weighted by atomic mass is 10.1. The smallest absolute Gasteiger partial charge is 0.413 e. The molecule has 0 aromatic heterocycles. The van der Waals surface area contributed by atoms with Crippen molar-refractivity contribution in [3.63, 3.8) is 0 Å². The Morgan fingerprint density at radius 1 is 1.42 bits per heavy atom. The zero-order valence-electron chi connectivity index (χ0n) is 12.8. The van der Waals surface area contributed by atoms with Crippen LogP contribution >= 0.6 is 22.6 Å². The SMILES string of the molecule is C/C(I)=C\[C@@H]1[C@@H](C)OC(C)(C)N1C(=O)OC(C)(C)C. The Balaban J connectivity index is 3.04. The summed E-state index contributed by atoms with van der Waals surface area (Å²) in [6, 6.07) is -0.0956. The molecule has 1 amide bonds. The number of nitrogens with zero attached hydrogens (tertiary/aromatic N) is 1. The number of carbonyl (C=O) groups is 1. The Labute approximate surface area is 129 Å². The average Bonchev–Trinajstić information content (AvgIpc) is 2.31. The number of allylic oxidation sites excluding steroid dienone is 1. The minimum atomic E-state index is -0.658. The third-order valence-corrected chi connectivity index (χ3v) is 3.18. The molecule has 1 rings (SSSR count). The maximum absolute atomic E-state index is 12.4. The van der Waals surface area contributed by atoms with Crippen molar-refractivity contribution in [2.24, 2.45) is 0 Å². The largest absolute Gasteiger partial charge is 0.444 e. The fourth-order valence-electron chi connectivity index (χ4n) is 2.25. The van der Waals surface area contributed by atoms with E-state index in [1.54, 1.807) is 4.90 Å². The van der Waals surface area contributed by atoms with Crippen LogP contribution < -0.4 is 0 Å². The van der Waals surface area contributed by atoms with Crippen LogP contribution in [0, 0.1) is 0 Å². The second-order valence-electron chi connectivity index (χ2n) is 6.36. The van der Waals surface area contributed by atoms with E-state index >= 15 is 0 Å². The first kappa shape index (κ1) is 16.8. The predicted molar refractivity (Wildman–Crippen MR) is 84.3 cm³/mol. The van der Waals surface area contributed by atoms with Crippen LogP contribution in [0.1, 0.15) is 48.5 Å². The summed E-state index contributed by atoms with van der Waals surface area (Å²) in [6.45, 7) is 13.4. The van der Waals surface area contributed by atoms with E-state index in [1.807, 2.05) is 54.5 Å². The van der Waals surface area contributed by atoms with Gasteiger partial charge in [-0.25, -0.2) is 4.79 Å². The van der Waals surface area contributed by atoms with Crippen molar-refractivity contribution in [2.45, 2.75) is 71.9 Å². The lowest BCUT2D eigenvalue weighted by Crippen LogP contribution is -2.49. The standard InChI is InChI=1S/C14H24INO3/c1-9(15)8-11-10(2)18-14(6,7)16(11)12(17)19-13(3,4)5/h8,10-11H,1-7H3/b9-8+/t10-,11-/m1/s1. The Morgan fingerprint density at radius 3 is 2.37 bits per heavy atom. The first-order valence-electron chi connectivity index (χ1n) is 6.48. The molecule has 1 saturated heterocycles. The molecule has 0 aliphatic carbocycles. The number of halogens is 1. The molecule has 1 aliphatic rings. The molecule has 1 aliphatic heterocycles. The van der Waals surface area contributed by atoms with E-state index in [9.17, 15) is 4.79 Å². The van der Waals surface area contributed by atoms with Crippen molar-refractivity contribution in [1.29, 1.82) is 0 Å². The molecule has 0 saturated carbocycles. The van der Waals surface area contributed by atoms with Crippen molar-refractivity contribution in [1.82, 2.24) is 4.90 Å². The van der Waals surface area contributed by atoms with Crippen LogP contribution in [0.4, 0.5) is 4.79 Å². The van der Waals surface area contributed by atoms with Crippen LogP contribution in [0.3, 0.4) is 0 Å². The van der Waals surface area contributed by atoms with Gasteiger partial charge in [-0.1, -0.05) is 6.08 Å². The van der Waals surface area contributed by atoms with Crippen LogP contribution in [0.15, 0.2) is 9.66 Å². The lowest BCUT2D eigenvalue weighted by Gasteiger charge is -2.34. The van der Waals surface area contributed by atoms with E-state index in [0.29, 0.717) is 0 Å². The molecule has 5 heteroatoms. The topological polar surface area (TPSA) is 38.8 Å². The summed E-state index contributed by atoms with van der Waals surface area (Å²) in [5.74, 6) is 0. The van der Waals surface area contributed by atoms with Crippen LogP contribution in [0.25, 0.3) is 0 Å². The molecule has 110 valence electrons. The molecule has 19 heavy (non-hydrogen) atoms. The molecule has 0 spiro atoms. The van der Waals surface area contributed by atoms with Gasteiger partial charge in [-0.2, -0.15) is 0 Å². The van der Waals surface area contributed by atoms with Crippen LogP contribution in [-0.4, -0.2) is 34.5 Å². The molecule has 0 aromatic carbocycles. The molecular formula is C14H24INO3. The predicted octanol–water partition coefficient (Wildman–Crippen LogP) is 4.09. The molecule has 0 aromatic rings. The van der Waals surface area contributed by atoms with Gasteiger partial charge in [-0.3, -0.25) is 4.90 Å². The van der Waals surface area contributed by atoms with Gasteiger partial charge < -0.3 is 9.47 Å². The van der Waals surface area contributed by atoms with E-state index in [1.165, 1.54) is 0 Å². The Morgan fingerprint density at radius 2 is 1.95 bits per heavy atom. The van der Waals surface area contributed by atoms with Crippen molar-refractivity contribution < 1.29 is 14.3 Å². The molecule has 0 N–H and O–H groups in total. The third-order valence-electron chi connectivity index (χ3n) is 2.82. The quantitative estimate of drug-likeness (QED) is 0.643. The summed E-state index contributed by atoms with van der Waals surface area (Å²) in [4.78, 5) is 14.1. The molecular weight excluding hydrogens is 357 g/mol. The highest BCUT2D eigenvalue weighted by Crippen LogP contribution is 2.35. The van der Waals surface area contributed by atoms with Gasteiger partial charge in [0.2, 0.25) is 0 Å². The van der Waals surface area contributed by atoms with Crippen molar-refractivity contribution in [2.75, 3.05) is 0 Å². The first-order chi connectivity index (χ1) is 8.44. The summed E-state index contributed by atoms with van der Waals surface area (Å²) in [7, 11) is 0. The van der Waals surface area contributed by atoms with Gasteiger partial charge in [0, 0.05) is 0 Å². The second-order valence-corrected chi connectivity index (χ2v) is 8.07. The van der Waals surface area contributed by atoms with Gasteiger partial charge >= 0.3 is 6.09 Å². The van der Waals surface area contributed by atoms with E-state index in [0.717, 1.165) is 3.58 Å². The summed E-state index contributed by atoms with van der Waals surface area (Å²) in [5.41, 5.74) is -1.17. The van der Waals surface area contributed by atoms with Crippen LogP contribution in [0.2, 0.25) is 0 Å². The zero-order valence-corrected chi connectivity index (χ0v) is 14.9. The van der Waals surface area contributed by atoms with Gasteiger partial charge in [0.1, 0.15) is 11.3 Å². The van der Waals surface area contributed by atoms with Gasteiger partial charge in [-0.05, 0) is 74.6 Å². The molecule has 0 unspecified atom stereocenters. The molecule has 1 fully saturated rings. The van der Waals surface area contributed by atoms with E-state index in [4.69, 9.17) is 9.47 Å². The van der Waals surface area contributed by atoms with Crippen LogP contribution in [-0.2, 0) is 9.47 Å². The molecule has 1 heterocycles. The zero-order chi connectivity index (χ0) is 15.0. The lowest BCUT2D eigenvalue weighted by molar-refractivity contribution is -0.0751. The molecule has 2 atom stereocenters. The summed E-state index contributed by atoms with van der Waals surface area (Å²) in [5, 5.41) is 0. The highest BCUT2D eigenvalue weighted by Gasteiger charge is 2.48. The highest BCUT2D eigenvalue weighted by atomic mass is 127. The number of rotatable bonds is 1. The minimum absolute atomic E-state index is 0.0489. The maximum atomic E-state index is 12.4. The van der Waals surface area contributed by atoms with Gasteiger partial charge in [0.25, 0.3) is 0 Å². The van der Waals surface area contributed by atoms with Gasteiger partial charge in [0.15, 0.2) is 0 Å². The monoisotopic (exact) mass is 381 g/mol. The summed E-state index contributed by atoms with van der Waals surface area (Å²) >= 11 is 2.24. The average molecular weight is 381 g/mol. The van der Waals surface area contributed by atoms with Crippen molar-refractivity contribution in [3.8, 4) is 0 Å². The fourth-order valence-corrected chi connectivity index (χ4v) is 2.62. The van der Waals surface area contributed by atoms with E-state index in [-0.39, 0.29) is 18.2 Å². The number of hydrogen-bond donors (Lipinski definition) is 0. The normalized spacial score (nSPS) is 27.6. The second kappa shape index (κ2) is 5.60. The van der Waals surface area contributed by atoms with Crippen LogP contribution in [0.5, 0.6) is 0 Å². The third kappa shape index (κ3) is 4.34. The number of amides is 1. The number of carbonyl (C=O) groups excluding carboxylic acids is 1. The van der Waals surface area contributed by atoms with Crippen molar-refractivity contribution >= 4 is 28.7 Å². The van der Waals surface area contributed by atoms with E-state index < -0.39 is 11.3 Å². The molecule has 0 bridgehead atoms. The highest BCUT2D eigenvalue weighted by molar-refractivity contribution is 14.1. The first-order valence-corrected chi connectivity index (χ1v) is 7.56. The van der Waals surface area contributed by atoms with Gasteiger partial charge in [0.05, 0.1) is 12.1 Å². The minimum Gasteiger partial charge on any atom is -0.444 e. The molecule has 4 nitrogen and oxygen atoms in total. The Hall–Kier alpha value is -0.300. The van der Waals surface area contributed by atoms with E-state index in [2.05, 4.69) is 22.6 Å². The maximum Gasteiger partial charge on any atom is 0.413 e. The Bertz CT molecular complexity index is 381. The molecule has 0 radical (unpaired) electrons. The van der Waals surface area contributed by atoms with Gasteiger partial charge in [-0.15, -0.1) is 0 Å². The summed E-state index contributed by atoms with van der Waals surface area (Å²) < 4.78 is 12.5. The Kier molecular flexibility index (Phi) is 4.93. The van der Waals surface area contributed by atoms with Crippen molar-refractivity contribution in [3.05, 3.63) is 9.66 Å².